The van der Waals surface area contributed by atoms with Crippen molar-refractivity contribution in [3.05, 3.63) is 65.0 Å². The molecule has 0 radical (unpaired) electrons. The van der Waals surface area contributed by atoms with Gasteiger partial charge in [-0.1, -0.05) is 47.9 Å². The smallest absolute Gasteiger partial charge is 0.406 e. The zero-order valence-corrected chi connectivity index (χ0v) is 19.0. The molecule has 0 saturated heterocycles. The van der Waals surface area contributed by atoms with Crippen molar-refractivity contribution in [3.8, 4) is 16.2 Å². The number of aromatic nitrogens is 1. The monoisotopic (exact) mass is 468 g/mol. The van der Waals surface area contributed by atoms with E-state index >= 15 is 0 Å². The van der Waals surface area contributed by atoms with Gasteiger partial charge in [0.05, 0.1) is 10.4 Å². The first-order valence-electron chi connectivity index (χ1n) is 9.59. The van der Waals surface area contributed by atoms with Crippen LogP contribution in [0.1, 0.15) is 20.8 Å². The second-order valence-corrected chi connectivity index (χ2v) is 9.85. The Morgan fingerprint density at radius 1 is 1.06 bits per heavy atom. The van der Waals surface area contributed by atoms with Crippen LogP contribution in [0.25, 0.3) is 10.4 Å². The molecule has 166 valence electrons. The molecule has 9 heteroatoms. The van der Waals surface area contributed by atoms with Gasteiger partial charge in [-0.2, -0.15) is 0 Å². The molecule has 0 unspecified atom stereocenters. The molecular weight excluding hydrogens is 445 g/mol. The molecule has 31 heavy (non-hydrogen) atoms. The van der Waals surface area contributed by atoms with Crippen LogP contribution < -0.4 is 15.6 Å². The number of thioether (sulfide) groups is 1. The van der Waals surface area contributed by atoms with Crippen molar-refractivity contribution in [2.24, 2.45) is 0 Å². The van der Waals surface area contributed by atoms with Crippen LogP contribution in [-0.4, -0.2) is 22.6 Å². The molecule has 0 fully saturated rings. The maximum absolute atomic E-state index is 13.0. The van der Waals surface area contributed by atoms with E-state index in [4.69, 9.17) is 0 Å². The summed E-state index contributed by atoms with van der Waals surface area (Å²) in [6.07, 6.45) is -4.72. The quantitative estimate of drug-likeness (QED) is 0.320. The van der Waals surface area contributed by atoms with Crippen LogP contribution in [-0.2, 0) is 5.54 Å². The van der Waals surface area contributed by atoms with Crippen LogP contribution in [0.4, 0.5) is 18.9 Å². The van der Waals surface area contributed by atoms with Crippen molar-refractivity contribution in [1.82, 2.24) is 3.96 Å². The number of nitrogens with zero attached hydrogens (tertiary/aromatic N) is 1. The predicted octanol–water partition coefficient (Wildman–Crippen LogP) is 6.43. The van der Waals surface area contributed by atoms with E-state index in [0.717, 1.165) is 10.4 Å². The van der Waals surface area contributed by atoms with Gasteiger partial charge in [0.15, 0.2) is 0 Å². The summed E-state index contributed by atoms with van der Waals surface area (Å²) in [6.45, 7) is 6.42. The second-order valence-electron chi connectivity index (χ2n) is 7.73. The fourth-order valence-electron chi connectivity index (χ4n) is 2.87. The van der Waals surface area contributed by atoms with Crippen molar-refractivity contribution in [2.45, 2.75) is 37.6 Å². The fourth-order valence-corrected chi connectivity index (χ4v) is 4.80. The summed E-state index contributed by atoms with van der Waals surface area (Å²) in [4.78, 5) is 14.6. The lowest BCUT2D eigenvalue weighted by molar-refractivity contribution is -0.274. The van der Waals surface area contributed by atoms with E-state index in [1.165, 1.54) is 41.5 Å². The van der Waals surface area contributed by atoms with Crippen LogP contribution >= 0.6 is 23.3 Å². The van der Waals surface area contributed by atoms with Crippen molar-refractivity contribution in [1.29, 1.82) is 0 Å². The highest BCUT2D eigenvalue weighted by Crippen LogP contribution is 2.33. The van der Waals surface area contributed by atoms with E-state index in [9.17, 15) is 18.0 Å². The molecule has 0 aliphatic carbocycles. The molecule has 0 aliphatic heterocycles. The second kappa shape index (κ2) is 9.40. The summed E-state index contributed by atoms with van der Waals surface area (Å²) in [6, 6.07) is 15.6. The molecule has 0 saturated carbocycles. The van der Waals surface area contributed by atoms with Crippen LogP contribution in [0.3, 0.4) is 0 Å². The molecule has 0 aliphatic rings. The van der Waals surface area contributed by atoms with Crippen LogP contribution in [0.2, 0.25) is 0 Å². The lowest BCUT2D eigenvalue weighted by atomic mass is 10.1. The molecule has 0 atom stereocenters. The van der Waals surface area contributed by atoms with E-state index in [1.54, 1.807) is 10.0 Å². The number of hydrogen-bond acceptors (Lipinski definition) is 5. The fraction of sp³-hybridized carbons (Fsp3) is 0.318. The molecule has 0 spiro atoms. The average Bonchev–Trinajstić information content (AvgIpc) is 3.02. The number of hydrogen-bond donors (Lipinski definition) is 1. The average molecular weight is 469 g/mol. The molecule has 3 aromatic rings. The number of ether oxygens (including phenoxy) is 1. The summed E-state index contributed by atoms with van der Waals surface area (Å²) in [7, 11) is 0. The standard InChI is InChI=1S/C22H23F3N2O2S2/c1-21(2,3)27-20(28)18(19(31-27)15-8-5-4-6-9-15)26-12-13-30-17-11-7-10-16(14-17)29-22(23,24)25/h4-11,14,26H,12-13H2,1-3H3. The normalized spacial score (nSPS) is 12.1. The van der Waals surface area contributed by atoms with Crippen LogP contribution in [0.5, 0.6) is 5.75 Å². The number of halogens is 3. The SMILES string of the molecule is CC(C)(C)n1sc(-c2ccccc2)c(NCCSc2cccc(OC(F)(F)F)c2)c1=O. The van der Waals surface area contributed by atoms with Crippen molar-refractivity contribution >= 4 is 29.0 Å². The van der Waals surface area contributed by atoms with Gasteiger partial charge in [-0.05, 0) is 44.5 Å². The summed E-state index contributed by atoms with van der Waals surface area (Å²) in [5.74, 6) is 0.317. The summed E-state index contributed by atoms with van der Waals surface area (Å²) < 4.78 is 42.9. The van der Waals surface area contributed by atoms with E-state index in [2.05, 4.69) is 10.1 Å². The van der Waals surface area contributed by atoms with Crippen LogP contribution in [0, 0.1) is 0 Å². The van der Waals surface area contributed by atoms with Gasteiger partial charge >= 0.3 is 6.36 Å². The number of benzene rings is 2. The third kappa shape index (κ3) is 6.30. The van der Waals surface area contributed by atoms with Gasteiger partial charge in [-0.15, -0.1) is 24.9 Å². The first-order valence-corrected chi connectivity index (χ1v) is 11.4. The molecule has 1 N–H and O–H groups in total. The first kappa shape index (κ1) is 23.3. The molecule has 0 bridgehead atoms. The summed E-state index contributed by atoms with van der Waals surface area (Å²) >= 11 is 2.80. The van der Waals surface area contributed by atoms with E-state index in [-0.39, 0.29) is 16.8 Å². The molecule has 0 amide bonds. The highest BCUT2D eigenvalue weighted by atomic mass is 32.2. The predicted molar refractivity (Wildman–Crippen MR) is 121 cm³/mol. The Morgan fingerprint density at radius 2 is 1.77 bits per heavy atom. The Balaban J connectivity index is 1.72. The molecular formula is C22H23F3N2O2S2. The zero-order valence-electron chi connectivity index (χ0n) is 17.3. The van der Waals surface area contributed by atoms with Gasteiger partial charge in [0, 0.05) is 17.2 Å². The van der Waals surface area contributed by atoms with Crippen LogP contribution in [0.15, 0.2) is 64.3 Å². The number of nitrogens with one attached hydrogen (secondary N) is 1. The zero-order chi connectivity index (χ0) is 22.6. The van der Waals surface area contributed by atoms with Crippen molar-refractivity contribution < 1.29 is 17.9 Å². The third-order valence-electron chi connectivity index (χ3n) is 4.16. The number of rotatable bonds is 7. The van der Waals surface area contributed by atoms with Gasteiger partial charge in [0.25, 0.3) is 5.56 Å². The van der Waals surface area contributed by atoms with E-state index in [1.807, 2.05) is 51.1 Å². The van der Waals surface area contributed by atoms with Gasteiger partial charge < -0.3 is 10.1 Å². The van der Waals surface area contributed by atoms with E-state index < -0.39 is 6.36 Å². The minimum Gasteiger partial charge on any atom is -0.406 e. The topological polar surface area (TPSA) is 43.3 Å². The lowest BCUT2D eigenvalue weighted by Crippen LogP contribution is -2.30. The third-order valence-corrected chi connectivity index (χ3v) is 6.68. The molecule has 3 rings (SSSR count). The Bertz CT molecular complexity index is 1070. The maximum atomic E-state index is 13.0. The highest BCUT2D eigenvalue weighted by Gasteiger charge is 2.31. The Labute approximate surface area is 187 Å². The first-order chi connectivity index (χ1) is 14.5. The highest BCUT2D eigenvalue weighted by molar-refractivity contribution is 7.99. The van der Waals surface area contributed by atoms with Gasteiger partial charge in [-0.3, -0.25) is 8.75 Å². The number of anilines is 1. The maximum Gasteiger partial charge on any atom is 0.573 e. The molecule has 1 heterocycles. The summed E-state index contributed by atoms with van der Waals surface area (Å²) in [5.41, 5.74) is 1.07. The molecule has 4 nitrogen and oxygen atoms in total. The Hall–Kier alpha value is -2.39. The lowest BCUT2D eigenvalue weighted by Gasteiger charge is -2.18. The van der Waals surface area contributed by atoms with Crippen molar-refractivity contribution in [3.63, 3.8) is 0 Å². The summed E-state index contributed by atoms with van der Waals surface area (Å²) in [5, 5.41) is 3.24. The minimum atomic E-state index is -4.72. The van der Waals surface area contributed by atoms with Gasteiger partial charge in [0.2, 0.25) is 0 Å². The van der Waals surface area contributed by atoms with Crippen molar-refractivity contribution in [2.75, 3.05) is 17.6 Å². The largest absolute Gasteiger partial charge is 0.573 e. The van der Waals surface area contributed by atoms with Gasteiger partial charge in [-0.25, -0.2) is 0 Å². The minimum absolute atomic E-state index is 0.0815. The Morgan fingerprint density at radius 3 is 2.42 bits per heavy atom. The number of alkyl halides is 3. The molecule has 2 aromatic carbocycles. The Kier molecular flexibility index (Phi) is 7.06. The molecule has 1 aromatic heterocycles. The van der Waals surface area contributed by atoms with E-state index in [0.29, 0.717) is 22.9 Å². The van der Waals surface area contributed by atoms with Gasteiger partial charge in [0.1, 0.15) is 11.4 Å².